The molecule has 2 N–H and O–H groups in total. The summed E-state index contributed by atoms with van der Waals surface area (Å²) in [4.78, 5) is 24.3. The molecule has 0 aliphatic heterocycles. The number of aliphatic carboxylic acids is 1. The van der Waals surface area contributed by atoms with Crippen LogP contribution in [0.1, 0.15) is 29.5 Å². The van der Waals surface area contributed by atoms with E-state index >= 15 is 0 Å². The standard InChI is InChI=1S/C24H21NO4/c26-23(27)22(14-16-8-2-1-3-9-16)25-24(28)29-15-21-19-12-6-4-10-17(19)18-11-5-7-13-20(18)21/h1-13,21-22H,14-15H2,(H,25,28)(H,26,27)/i1D,2D,3D,8D,9D. The number of alkyl carbamates (subject to hydrolysis) is 1. The molecule has 0 bridgehead atoms. The second kappa shape index (κ2) is 8.19. The van der Waals surface area contributed by atoms with Crippen molar-refractivity contribution in [2.45, 2.75) is 18.4 Å². The van der Waals surface area contributed by atoms with Gasteiger partial charge >= 0.3 is 12.1 Å². The SMILES string of the molecule is [2H]c1c([2H])c([2H])c(CC(NC(=O)OCC2c3ccccc3-c3ccccc32)C(=O)O)c([2H])c1[2H]. The average molecular weight is 392 g/mol. The molecule has 0 spiro atoms. The molecule has 146 valence electrons. The summed E-state index contributed by atoms with van der Waals surface area (Å²) < 4.78 is 44.5. The van der Waals surface area contributed by atoms with Gasteiger partial charge in [-0.05, 0) is 27.8 Å². The molecule has 0 saturated heterocycles. The van der Waals surface area contributed by atoms with Crippen molar-refractivity contribution in [1.29, 1.82) is 0 Å². The molecule has 1 amide bonds. The molecule has 0 radical (unpaired) electrons. The van der Waals surface area contributed by atoms with Crippen molar-refractivity contribution in [3.8, 4) is 11.1 Å². The third-order valence-electron chi connectivity index (χ3n) is 4.89. The average Bonchev–Trinajstić information content (AvgIpc) is 3.15. The van der Waals surface area contributed by atoms with Crippen LogP contribution in [0.4, 0.5) is 4.79 Å². The van der Waals surface area contributed by atoms with Crippen molar-refractivity contribution in [2.24, 2.45) is 0 Å². The van der Waals surface area contributed by atoms with Crippen LogP contribution in [0.15, 0.2) is 78.7 Å². The number of amides is 1. The molecule has 1 aliphatic rings. The Kier molecular flexibility index (Phi) is 3.83. The second-order valence-electron chi connectivity index (χ2n) is 6.67. The van der Waals surface area contributed by atoms with E-state index < -0.39 is 54.7 Å². The molecule has 1 unspecified atom stereocenters. The lowest BCUT2D eigenvalue weighted by molar-refractivity contribution is -0.139. The summed E-state index contributed by atoms with van der Waals surface area (Å²) >= 11 is 0. The van der Waals surface area contributed by atoms with Crippen molar-refractivity contribution in [1.82, 2.24) is 5.32 Å². The molecule has 1 atom stereocenters. The molecule has 0 heterocycles. The molecular weight excluding hydrogens is 366 g/mol. The van der Waals surface area contributed by atoms with Gasteiger partial charge in [-0.1, -0.05) is 78.7 Å². The second-order valence-corrected chi connectivity index (χ2v) is 6.67. The topological polar surface area (TPSA) is 75.6 Å². The van der Waals surface area contributed by atoms with Gasteiger partial charge in [-0.25, -0.2) is 9.59 Å². The summed E-state index contributed by atoms with van der Waals surface area (Å²) in [6.45, 7) is -0.0130. The maximum absolute atomic E-state index is 12.5. The summed E-state index contributed by atoms with van der Waals surface area (Å²) in [5.74, 6) is -1.62. The monoisotopic (exact) mass is 392 g/mol. The van der Waals surface area contributed by atoms with Crippen LogP contribution in [0.25, 0.3) is 11.1 Å². The highest BCUT2D eigenvalue weighted by atomic mass is 16.5. The highest BCUT2D eigenvalue weighted by molar-refractivity contribution is 5.81. The molecule has 5 heteroatoms. The van der Waals surface area contributed by atoms with Crippen LogP contribution in [0.5, 0.6) is 0 Å². The molecule has 0 saturated carbocycles. The normalized spacial score (nSPS) is 15.7. The quantitative estimate of drug-likeness (QED) is 0.659. The molecule has 3 aromatic carbocycles. The number of carbonyl (C=O) groups is 2. The van der Waals surface area contributed by atoms with Gasteiger partial charge in [0.15, 0.2) is 0 Å². The number of carboxylic acid groups (broad SMARTS) is 1. The summed E-state index contributed by atoms with van der Waals surface area (Å²) in [6.07, 6.45) is -1.46. The zero-order valence-electron chi connectivity index (χ0n) is 20.4. The Bertz CT molecular complexity index is 1220. The molecular formula is C24H21NO4. The fourth-order valence-electron chi connectivity index (χ4n) is 3.56. The molecule has 1 aliphatic carbocycles. The fourth-order valence-corrected chi connectivity index (χ4v) is 3.56. The van der Waals surface area contributed by atoms with E-state index in [9.17, 15) is 14.7 Å². The van der Waals surface area contributed by atoms with E-state index in [0.29, 0.717) is 0 Å². The number of rotatable bonds is 6. The van der Waals surface area contributed by atoms with Gasteiger partial charge in [0.25, 0.3) is 0 Å². The highest BCUT2D eigenvalue weighted by Gasteiger charge is 2.29. The molecule has 4 rings (SSSR count). The van der Waals surface area contributed by atoms with Gasteiger partial charge in [-0.3, -0.25) is 0 Å². The van der Waals surface area contributed by atoms with E-state index in [1.165, 1.54) is 0 Å². The van der Waals surface area contributed by atoms with Crippen LogP contribution >= 0.6 is 0 Å². The Morgan fingerprint density at radius 1 is 1.00 bits per heavy atom. The van der Waals surface area contributed by atoms with Crippen LogP contribution in [0.2, 0.25) is 0 Å². The summed E-state index contributed by atoms with van der Waals surface area (Å²) in [5, 5.41) is 11.8. The highest BCUT2D eigenvalue weighted by Crippen LogP contribution is 2.44. The maximum Gasteiger partial charge on any atom is 0.407 e. The third-order valence-corrected chi connectivity index (χ3v) is 4.89. The van der Waals surface area contributed by atoms with Gasteiger partial charge in [0, 0.05) is 12.3 Å². The van der Waals surface area contributed by atoms with Gasteiger partial charge in [-0.2, -0.15) is 0 Å². The molecule has 3 aromatic rings. The number of hydrogen-bond acceptors (Lipinski definition) is 3. The van der Waals surface area contributed by atoms with E-state index in [-0.39, 0.29) is 18.1 Å². The lowest BCUT2D eigenvalue weighted by Gasteiger charge is -2.17. The minimum atomic E-state index is -1.54. The van der Waals surface area contributed by atoms with Crippen molar-refractivity contribution in [3.63, 3.8) is 0 Å². The summed E-state index contributed by atoms with van der Waals surface area (Å²) in [5.41, 5.74) is 3.92. The zero-order chi connectivity index (χ0) is 24.6. The minimum absolute atomic E-state index is 0.0130. The number of fused-ring (bicyclic) bond motifs is 3. The Hall–Kier alpha value is -3.60. The van der Waals surface area contributed by atoms with Crippen molar-refractivity contribution < 1.29 is 26.3 Å². The Morgan fingerprint density at radius 3 is 2.17 bits per heavy atom. The first-order valence-corrected chi connectivity index (χ1v) is 9.10. The zero-order valence-corrected chi connectivity index (χ0v) is 15.4. The molecule has 29 heavy (non-hydrogen) atoms. The van der Waals surface area contributed by atoms with Gasteiger partial charge in [0.1, 0.15) is 12.6 Å². The van der Waals surface area contributed by atoms with E-state index in [2.05, 4.69) is 5.32 Å². The first-order valence-electron chi connectivity index (χ1n) is 11.6. The Morgan fingerprint density at radius 2 is 1.59 bits per heavy atom. The molecule has 0 aromatic heterocycles. The van der Waals surface area contributed by atoms with Crippen LogP contribution < -0.4 is 5.32 Å². The number of carboxylic acids is 1. The Balaban J connectivity index is 1.49. The maximum atomic E-state index is 12.5. The van der Waals surface area contributed by atoms with Gasteiger partial charge in [0.2, 0.25) is 0 Å². The lowest BCUT2D eigenvalue weighted by Crippen LogP contribution is -2.42. The van der Waals surface area contributed by atoms with Crippen molar-refractivity contribution in [2.75, 3.05) is 6.61 Å². The van der Waals surface area contributed by atoms with Gasteiger partial charge in [0.05, 0.1) is 6.85 Å². The fraction of sp³-hybridized carbons (Fsp3) is 0.167. The largest absolute Gasteiger partial charge is 0.480 e. The number of benzene rings is 3. The third kappa shape index (κ3) is 3.99. The van der Waals surface area contributed by atoms with Crippen LogP contribution in [0, 0.1) is 0 Å². The van der Waals surface area contributed by atoms with Crippen molar-refractivity contribution in [3.05, 3.63) is 95.4 Å². The van der Waals surface area contributed by atoms with E-state index in [1.807, 2.05) is 48.5 Å². The van der Waals surface area contributed by atoms with Crippen LogP contribution in [-0.2, 0) is 16.0 Å². The summed E-state index contributed by atoms with van der Waals surface area (Å²) in [7, 11) is 0. The molecule has 5 nitrogen and oxygen atoms in total. The van der Waals surface area contributed by atoms with E-state index in [0.717, 1.165) is 22.3 Å². The number of carbonyl (C=O) groups excluding carboxylic acids is 1. The minimum Gasteiger partial charge on any atom is -0.480 e. The first kappa shape index (κ1) is 13.6. The number of hydrogen-bond donors (Lipinski definition) is 2. The first-order chi connectivity index (χ1) is 16.2. The predicted octanol–water partition coefficient (Wildman–Crippen LogP) is 4.22. The summed E-state index contributed by atoms with van der Waals surface area (Å²) in [6, 6.07) is 11.3. The van der Waals surface area contributed by atoms with Crippen LogP contribution in [-0.4, -0.2) is 29.8 Å². The van der Waals surface area contributed by atoms with E-state index in [4.69, 9.17) is 11.6 Å². The van der Waals surface area contributed by atoms with Crippen molar-refractivity contribution >= 4 is 12.1 Å². The lowest BCUT2D eigenvalue weighted by atomic mass is 9.98. The van der Waals surface area contributed by atoms with E-state index in [1.54, 1.807) is 0 Å². The van der Waals surface area contributed by atoms with Gasteiger partial charge < -0.3 is 15.2 Å². The number of ether oxygens (including phenoxy) is 1. The van der Waals surface area contributed by atoms with Gasteiger partial charge in [-0.15, -0.1) is 0 Å². The van der Waals surface area contributed by atoms with Crippen LogP contribution in [0.3, 0.4) is 0 Å². The smallest absolute Gasteiger partial charge is 0.407 e. The number of nitrogens with one attached hydrogen (secondary N) is 1. The molecule has 0 fully saturated rings. The Labute approximate surface area is 176 Å². The predicted molar refractivity (Wildman–Crippen MR) is 110 cm³/mol.